The van der Waals surface area contributed by atoms with Crippen molar-refractivity contribution in [3.63, 3.8) is 0 Å². The molecule has 5 atom stereocenters. The molecule has 0 aromatic heterocycles. The number of aliphatic hydroxyl groups excluding tert-OH is 1. The minimum absolute atomic E-state index is 0.0412. The van der Waals surface area contributed by atoms with E-state index in [0.29, 0.717) is 38.8 Å². The van der Waals surface area contributed by atoms with E-state index in [1.807, 2.05) is 32.9 Å². The summed E-state index contributed by atoms with van der Waals surface area (Å²) in [6.45, 7) is 8.11. The standard InChI is InChI=1S/C29H50N4O8S/c1-5-6-7-8-9-13-21-18-29(21,26(36)37)31-25(35)22-14-12-16-33(22)24(34)19-30-27(38)41-23(28(2,3)4)20-32-15-10-11-17-42(32,39)40/h9,13,21-23,25,31,35H,5-8,10-12,14-20H2,1-4H3,(H,30,38)(H,36,37)/b13-9-/t21?,22-,23?,25+,29+/m0/s1. The number of likely N-dealkylation sites (tertiary alicyclic amines) is 1. The molecule has 2 amide bonds. The number of hydrogen-bond donors (Lipinski definition) is 4. The average molecular weight is 615 g/mol. The highest BCUT2D eigenvalue weighted by molar-refractivity contribution is 7.89. The fourth-order valence-electron chi connectivity index (χ4n) is 5.70. The fraction of sp³-hybridized carbons (Fsp3) is 0.828. The van der Waals surface area contributed by atoms with Crippen LogP contribution in [0.1, 0.15) is 85.5 Å². The number of alkyl carbamates (subject to hydrolysis) is 1. The van der Waals surface area contributed by atoms with E-state index < -0.39 is 57.3 Å². The third-order valence-electron chi connectivity index (χ3n) is 8.55. The molecule has 2 aliphatic heterocycles. The number of carbonyl (C=O) groups excluding carboxylic acids is 2. The van der Waals surface area contributed by atoms with Gasteiger partial charge in [0.05, 0.1) is 18.3 Å². The van der Waals surface area contributed by atoms with Crippen molar-refractivity contribution in [2.75, 3.05) is 31.9 Å². The van der Waals surface area contributed by atoms with Crippen LogP contribution in [-0.4, -0.2) is 102 Å². The lowest BCUT2D eigenvalue weighted by Gasteiger charge is -2.35. The van der Waals surface area contributed by atoms with Crippen LogP contribution in [0.5, 0.6) is 0 Å². The van der Waals surface area contributed by atoms with Gasteiger partial charge in [-0.3, -0.25) is 14.9 Å². The van der Waals surface area contributed by atoms with E-state index in [1.54, 1.807) is 0 Å². The van der Waals surface area contributed by atoms with E-state index in [4.69, 9.17) is 4.74 Å². The molecular weight excluding hydrogens is 564 g/mol. The summed E-state index contributed by atoms with van der Waals surface area (Å²) in [4.78, 5) is 39.3. The molecular formula is C29H50N4O8S. The molecule has 1 saturated carbocycles. The van der Waals surface area contributed by atoms with E-state index in [2.05, 4.69) is 17.6 Å². The first-order chi connectivity index (χ1) is 19.7. The minimum atomic E-state index is -3.40. The Morgan fingerprint density at radius 2 is 1.88 bits per heavy atom. The second-order valence-electron chi connectivity index (χ2n) is 12.9. The van der Waals surface area contributed by atoms with E-state index in [9.17, 15) is 33.0 Å². The lowest BCUT2D eigenvalue weighted by Crippen LogP contribution is -2.56. The number of hydrogen-bond acceptors (Lipinski definition) is 8. The Balaban J connectivity index is 1.53. The molecule has 3 aliphatic rings. The maximum absolute atomic E-state index is 13.1. The molecule has 0 spiro atoms. The van der Waals surface area contributed by atoms with Gasteiger partial charge in [-0.1, -0.05) is 52.7 Å². The van der Waals surface area contributed by atoms with Crippen LogP contribution in [0.15, 0.2) is 12.2 Å². The molecule has 3 fully saturated rings. The van der Waals surface area contributed by atoms with Crippen molar-refractivity contribution in [1.29, 1.82) is 0 Å². The summed E-state index contributed by atoms with van der Waals surface area (Å²) in [5, 5.41) is 26.3. The van der Waals surface area contributed by atoms with Gasteiger partial charge in [0.1, 0.15) is 24.4 Å². The quantitative estimate of drug-likeness (QED) is 0.131. The lowest BCUT2D eigenvalue weighted by molar-refractivity contribution is -0.143. The first kappa shape index (κ1) is 34.3. The molecule has 4 N–H and O–H groups in total. The molecule has 0 radical (unpaired) electrons. The predicted octanol–water partition coefficient (Wildman–Crippen LogP) is 2.43. The SMILES string of the molecule is CCCCC/C=C\C1C[C@]1(N[C@H](O)[C@@H]1CCCN1C(=O)CNC(=O)OC(CN1CCCCS1(=O)=O)C(C)(C)C)C(=O)O. The van der Waals surface area contributed by atoms with E-state index in [1.165, 1.54) is 9.21 Å². The highest BCUT2D eigenvalue weighted by Gasteiger charge is 2.60. The summed E-state index contributed by atoms with van der Waals surface area (Å²) in [5.41, 5.74) is -1.81. The number of sulfonamides is 1. The highest BCUT2D eigenvalue weighted by atomic mass is 32.2. The number of allylic oxidation sites excluding steroid dienone is 1. The number of nitrogens with zero attached hydrogens (tertiary/aromatic N) is 2. The summed E-state index contributed by atoms with van der Waals surface area (Å²) in [7, 11) is -3.40. The van der Waals surface area contributed by atoms with Gasteiger partial charge >= 0.3 is 12.1 Å². The molecule has 0 aromatic rings. The molecule has 3 rings (SSSR count). The van der Waals surface area contributed by atoms with Crippen LogP contribution in [0.3, 0.4) is 0 Å². The molecule has 2 heterocycles. The Morgan fingerprint density at radius 1 is 1.14 bits per heavy atom. The Labute approximate surface area is 250 Å². The number of aliphatic carboxylic acids is 1. The van der Waals surface area contributed by atoms with Gasteiger partial charge in [-0.05, 0) is 44.9 Å². The van der Waals surface area contributed by atoms with Gasteiger partial charge in [0.25, 0.3) is 0 Å². The van der Waals surface area contributed by atoms with Gasteiger partial charge in [-0.15, -0.1) is 0 Å². The third kappa shape index (κ3) is 8.90. The monoisotopic (exact) mass is 614 g/mol. The second kappa shape index (κ2) is 14.5. The predicted molar refractivity (Wildman–Crippen MR) is 158 cm³/mol. The van der Waals surface area contributed by atoms with E-state index >= 15 is 0 Å². The van der Waals surface area contributed by atoms with Crippen LogP contribution >= 0.6 is 0 Å². The Morgan fingerprint density at radius 3 is 2.52 bits per heavy atom. The molecule has 0 aromatic carbocycles. The van der Waals surface area contributed by atoms with Crippen molar-refractivity contribution < 1.29 is 37.8 Å². The lowest BCUT2D eigenvalue weighted by atomic mass is 9.89. The van der Waals surface area contributed by atoms with Crippen LogP contribution in [0.2, 0.25) is 0 Å². The largest absolute Gasteiger partial charge is 0.480 e. The molecule has 1 aliphatic carbocycles. The third-order valence-corrected chi connectivity index (χ3v) is 10.5. The number of unbranched alkanes of at least 4 members (excludes halogenated alkanes) is 3. The molecule has 42 heavy (non-hydrogen) atoms. The summed E-state index contributed by atoms with van der Waals surface area (Å²) < 4.78 is 31.9. The zero-order valence-corrected chi connectivity index (χ0v) is 26.3. The Kier molecular flexibility index (Phi) is 11.8. The number of carbonyl (C=O) groups is 3. The van der Waals surface area contributed by atoms with Crippen LogP contribution in [0.25, 0.3) is 0 Å². The van der Waals surface area contributed by atoms with Crippen LogP contribution < -0.4 is 10.6 Å². The Bertz CT molecular complexity index is 1090. The van der Waals surface area contributed by atoms with Crippen LogP contribution in [0.4, 0.5) is 4.79 Å². The van der Waals surface area contributed by atoms with Crippen molar-refractivity contribution >= 4 is 28.0 Å². The van der Waals surface area contributed by atoms with Gasteiger partial charge in [-0.2, -0.15) is 4.31 Å². The van der Waals surface area contributed by atoms with Gasteiger partial charge < -0.3 is 25.2 Å². The first-order valence-electron chi connectivity index (χ1n) is 15.3. The molecule has 2 saturated heterocycles. The zero-order chi connectivity index (χ0) is 31.1. The van der Waals surface area contributed by atoms with Crippen LogP contribution in [-0.2, 0) is 24.3 Å². The summed E-state index contributed by atoms with van der Waals surface area (Å²) in [6.07, 6.45) is 8.13. The van der Waals surface area contributed by atoms with Crippen molar-refractivity contribution in [3.8, 4) is 0 Å². The maximum atomic E-state index is 13.1. The summed E-state index contributed by atoms with van der Waals surface area (Å²) in [6, 6.07) is -0.632. The zero-order valence-electron chi connectivity index (χ0n) is 25.5. The van der Waals surface area contributed by atoms with Crippen molar-refractivity contribution in [2.24, 2.45) is 11.3 Å². The molecule has 0 bridgehead atoms. The molecule has 13 heteroatoms. The number of nitrogens with one attached hydrogen (secondary N) is 2. The van der Waals surface area contributed by atoms with Crippen molar-refractivity contribution in [1.82, 2.24) is 19.8 Å². The maximum Gasteiger partial charge on any atom is 0.407 e. The van der Waals surface area contributed by atoms with Crippen molar-refractivity contribution in [3.05, 3.63) is 12.2 Å². The van der Waals surface area contributed by atoms with Gasteiger partial charge in [0.15, 0.2) is 0 Å². The Hall–Kier alpha value is -2.22. The number of amides is 2. The topological polar surface area (TPSA) is 166 Å². The van der Waals surface area contributed by atoms with Crippen molar-refractivity contribution in [2.45, 2.75) is 109 Å². The second-order valence-corrected chi connectivity index (χ2v) is 15.0. The van der Waals surface area contributed by atoms with Gasteiger partial charge in [-0.25, -0.2) is 13.2 Å². The van der Waals surface area contributed by atoms with Gasteiger partial charge in [0, 0.05) is 24.4 Å². The molecule has 12 nitrogen and oxygen atoms in total. The first-order valence-corrected chi connectivity index (χ1v) is 16.9. The number of ether oxygens (including phenoxy) is 1. The fourth-order valence-corrected chi connectivity index (χ4v) is 7.29. The van der Waals surface area contributed by atoms with Gasteiger partial charge in [0.2, 0.25) is 15.9 Å². The number of carboxylic acids is 1. The minimum Gasteiger partial charge on any atom is -0.480 e. The number of carboxylic acid groups (broad SMARTS) is 1. The highest BCUT2D eigenvalue weighted by Crippen LogP contribution is 2.45. The summed E-state index contributed by atoms with van der Waals surface area (Å²) in [5.74, 6) is -1.61. The normalized spacial score (nSPS) is 27.5. The smallest absolute Gasteiger partial charge is 0.407 e. The molecule has 2 unspecified atom stereocenters. The number of rotatable bonds is 14. The van der Waals surface area contributed by atoms with E-state index in [-0.39, 0.29) is 24.8 Å². The van der Waals surface area contributed by atoms with Crippen LogP contribution in [0, 0.1) is 11.3 Å². The average Bonchev–Trinajstić information content (AvgIpc) is 3.37. The number of aliphatic hydroxyl groups is 1. The molecule has 240 valence electrons. The van der Waals surface area contributed by atoms with E-state index in [0.717, 1.165) is 32.1 Å². The summed E-state index contributed by atoms with van der Waals surface area (Å²) >= 11 is 0.